The standard InChI is InChI=1S/C16H22N2O3/c1-10(2)6-4-7-11(3)18-14-12(15(19)20)8-5-9-13(14)17-16(18)21/h5,8-11H,4,6-7H2,1-3H3,(H,17,21)(H,19,20). The van der Waals surface area contributed by atoms with Crippen molar-refractivity contribution in [2.75, 3.05) is 0 Å². The van der Waals surface area contributed by atoms with Crippen LogP contribution in [-0.4, -0.2) is 20.6 Å². The van der Waals surface area contributed by atoms with Gasteiger partial charge in [0.05, 0.1) is 16.6 Å². The maximum atomic E-state index is 12.2. The normalized spacial score (nSPS) is 13.0. The minimum Gasteiger partial charge on any atom is -0.478 e. The highest BCUT2D eigenvalue weighted by Gasteiger charge is 2.18. The van der Waals surface area contributed by atoms with Gasteiger partial charge in [0, 0.05) is 6.04 Å². The van der Waals surface area contributed by atoms with Gasteiger partial charge in [0.1, 0.15) is 0 Å². The number of benzene rings is 1. The van der Waals surface area contributed by atoms with Gasteiger partial charge in [-0.3, -0.25) is 4.57 Å². The third-order valence-electron chi connectivity index (χ3n) is 3.81. The maximum Gasteiger partial charge on any atom is 0.337 e. The summed E-state index contributed by atoms with van der Waals surface area (Å²) < 4.78 is 1.58. The Labute approximate surface area is 123 Å². The second-order valence-electron chi connectivity index (χ2n) is 5.98. The van der Waals surface area contributed by atoms with Gasteiger partial charge in [0.15, 0.2) is 0 Å². The van der Waals surface area contributed by atoms with E-state index in [1.54, 1.807) is 16.7 Å². The van der Waals surface area contributed by atoms with Crippen molar-refractivity contribution in [2.24, 2.45) is 5.92 Å². The number of carbonyl (C=O) groups is 1. The number of nitrogens with one attached hydrogen (secondary N) is 1. The SMILES string of the molecule is CC(C)CCCC(C)n1c(=O)[nH]c2cccc(C(=O)O)c21. The zero-order valence-electron chi connectivity index (χ0n) is 12.7. The number of aromatic nitrogens is 2. The number of aromatic amines is 1. The molecule has 5 heteroatoms. The molecule has 0 radical (unpaired) electrons. The fourth-order valence-corrected chi connectivity index (χ4v) is 2.72. The van der Waals surface area contributed by atoms with E-state index in [0.717, 1.165) is 19.3 Å². The van der Waals surface area contributed by atoms with Crippen LogP contribution in [0.4, 0.5) is 0 Å². The van der Waals surface area contributed by atoms with E-state index >= 15 is 0 Å². The molecule has 21 heavy (non-hydrogen) atoms. The van der Waals surface area contributed by atoms with Crippen molar-refractivity contribution in [2.45, 2.75) is 46.1 Å². The lowest BCUT2D eigenvalue weighted by Crippen LogP contribution is -2.21. The molecule has 0 saturated heterocycles. The lowest BCUT2D eigenvalue weighted by molar-refractivity contribution is 0.0698. The maximum absolute atomic E-state index is 12.2. The minimum absolute atomic E-state index is 0.0227. The molecular weight excluding hydrogens is 268 g/mol. The fraction of sp³-hybridized carbons (Fsp3) is 0.500. The smallest absolute Gasteiger partial charge is 0.337 e. The first kappa shape index (κ1) is 15.4. The quantitative estimate of drug-likeness (QED) is 0.856. The van der Waals surface area contributed by atoms with Gasteiger partial charge in [-0.1, -0.05) is 32.8 Å². The zero-order chi connectivity index (χ0) is 15.6. The monoisotopic (exact) mass is 290 g/mol. The van der Waals surface area contributed by atoms with Crippen LogP contribution < -0.4 is 5.69 Å². The highest BCUT2D eigenvalue weighted by atomic mass is 16.4. The number of imidazole rings is 1. The first-order valence-electron chi connectivity index (χ1n) is 7.38. The molecule has 2 rings (SSSR count). The fourth-order valence-electron chi connectivity index (χ4n) is 2.72. The molecular formula is C16H22N2O3. The molecule has 0 amide bonds. The first-order chi connectivity index (χ1) is 9.91. The number of fused-ring (bicyclic) bond motifs is 1. The Morgan fingerprint density at radius 1 is 1.29 bits per heavy atom. The van der Waals surface area contributed by atoms with E-state index in [0.29, 0.717) is 17.0 Å². The number of hydrogen-bond acceptors (Lipinski definition) is 2. The van der Waals surface area contributed by atoms with Gasteiger partial charge in [0.25, 0.3) is 0 Å². The number of carboxylic acids is 1. The molecule has 5 nitrogen and oxygen atoms in total. The predicted octanol–water partition coefficient (Wildman–Crippen LogP) is 3.42. The Morgan fingerprint density at radius 2 is 2.00 bits per heavy atom. The highest BCUT2D eigenvalue weighted by Crippen LogP contribution is 2.23. The Balaban J connectivity index is 2.41. The van der Waals surface area contributed by atoms with Crippen molar-refractivity contribution < 1.29 is 9.90 Å². The van der Waals surface area contributed by atoms with Crippen LogP contribution in [0.3, 0.4) is 0 Å². The summed E-state index contributed by atoms with van der Waals surface area (Å²) in [4.78, 5) is 26.3. The van der Waals surface area contributed by atoms with E-state index in [4.69, 9.17) is 0 Å². The van der Waals surface area contributed by atoms with Crippen molar-refractivity contribution in [3.8, 4) is 0 Å². The van der Waals surface area contributed by atoms with Gasteiger partial charge in [-0.25, -0.2) is 9.59 Å². The van der Waals surface area contributed by atoms with E-state index in [9.17, 15) is 14.7 Å². The number of nitrogens with zero attached hydrogens (tertiary/aromatic N) is 1. The molecule has 0 aliphatic heterocycles. The molecule has 1 unspecified atom stereocenters. The van der Waals surface area contributed by atoms with Gasteiger partial charge in [-0.15, -0.1) is 0 Å². The van der Waals surface area contributed by atoms with Crippen molar-refractivity contribution in [1.29, 1.82) is 0 Å². The van der Waals surface area contributed by atoms with Crippen LogP contribution in [0.15, 0.2) is 23.0 Å². The van der Waals surface area contributed by atoms with E-state index in [1.807, 2.05) is 6.92 Å². The molecule has 1 heterocycles. The average Bonchev–Trinajstić information content (AvgIpc) is 2.73. The third kappa shape index (κ3) is 3.17. The molecule has 2 N–H and O–H groups in total. The van der Waals surface area contributed by atoms with Gasteiger partial charge in [-0.2, -0.15) is 0 Å². The Hall–Kier alpha value is -2.04. The second-order valence-corrected chi connectivity index (χ2v) is 5.98. The molecule has 2 aromatic rings. The molecule has 0 spiro atoms. The Bertz CT molecular complexity index is 697. The second kappa shape index (κ2) is 6.16. The molecule has 1 aromatic carbocycles. The van der Waals surface area contributed by atoms with Gasteiger partial charge in [-0.05, 0) is 31.4 Å². The van der Waals surface area contributed by atoms with E-state index in [2.05, 4.69) is 18.8 Å². The molecule has 114 valence electrons. The molecule has 0 saturated carbocycles. The average molecular weight is 290 g/mol. The summed E-state index contributed by atoms with van der Waals surface area (Å²) in [7, 11) is 0. The van der Waals surface area contributed by atoms with E-state index in [1.165, 1.54) is 6.07 Å². The lowest BCUT2D eigenvalue weighted by atomic mass is 10.0. The number of para-hydroxylation sites is 1. The van der Waals surface area contributed by atoms with Crippen LogP contribution in [-0.2, 0) is 0 Å². The van der Waals surface area contributed by atoms with Crippen molar-refractivity contribution in [3.05, 3.63) is 34.2 Å². The van der Waals surface area contributed by atoms with Crippen LogP contribution >= 0.6 is 0 Å². The van der Waals surface area contributed by atoms with Crippen LogP contribution in [0.5, 0.6) is 0 Å². The summed E-state index contributed by atoms with van der Waals surface area (Å²) in [6.45, 7) is 6.31. The van der Waals surface area contributed by atoms with E-state index < -0.39 is 5.97 Å². The molecule has 1 aromatic heterocycles. The summed E-state index contributed by atoms with van der Waals surface area (Å²) >= 11 is 0. The van der Waals surface area contributed by atoms with Crippen LogP contribution in [0.2, 0.25) is 0 Å². The summed E-state index contributed by atoms with van der Waals surface area (Å²) in [6.07, 6.45) is 2.99. The van der Waals surface area contributed by atoms with Crippen molar-refractivity contribution >= 4 is 17.0 Å². The molecule has 1 atom stereocenters. The third-order valence-corrected chi connectivity index (χ3v) is 3.81. The Morgan fingerprint density at radius 3 is 2.62 bits per heavy atom. The van der Waals surface area contributed by atoms with E-state index in [-0.39, 0.29) is 17.3 Å². The van der Waals surface area contributed by atoms with Gasteiger partial charge < -0.3 is 10.1 Å². The number of carboxylic acid groups (broad SMARTS) is 1. The summed E-state index contributed by atoms with van der Waals surface area (Å²) in [5.41, 5.74) is 1.000. The number of hydrogen-bond donors (Lipinski definition) is 2. The highest BCUT2D eigenvalue weighted by molar-refractivity contribution is 6.01. The lowest BCUT2D eigenvalue weighted by Gasteiger charge is -2.15. The van der Waals surface area contributed by atoms with Gasteiger partial charge >= 0.3 is 11.7 Å². The van der Waals surface area contributed by atoms with Crippen LogP contribution in [0, 0.1) is 5.92 Å². The molecule has 0 aliphatic rings. The van der Waals surface area contributed by atoms with Gasteiger partial charge in [0.2, 0.25) is 0 Å². The predicted molar refractivity (Wildman–Crippen MR) is 82.9 cm³/mol. The zero-order valence-corrected chi connectivity index (χ0v) is 12.7. The molecule has 0 bridgehead atoms. The van der Waals surface area contributed by atoms with Crippen molar-refractivity contribution in [3.63, 3.8) is 0 Å². The Kier molecular flexibility index (Phi) is 4.50. The summed E-state index contributed by atoms with van der Waals surface area (Å²) in [6, 6.07) is 4.90. The first-order valence-corrected chi connectivity index (χ1v) is 7.38. The number of rotatable bonds is 6. The van der Waals surface area contributed by atoms with Crippen LogP contribution in [0.25, 0.3) is 11.0 Å². The molecule has 0 aliphatic carbocycles. The largest absolute Gasteiger partial charge is 0.478 e. The summed E-state index contributed by atoms with van der Waals surface area (Å²) in [5, 5.41) is 9.32. The molecule has 0 fully saturated rings. The minimum atomic E-state index is -1.01. The summed E-state index contributed by atoms with van der Waals surface area (Å²) in [5.74, 6) is -0.380. The number of aromatic carboxylic acids is 1. The number of H-pyrrole nitrogens is 1. The van der Waals surface area contributed by atoms with Crippen LogP contribution in [0.1, 0.15) is 56.4 Å². The topological polar surface area (TPSA) is 75.1 Å². The van der Waals surface area contributed by atoms with Crippen molar-refractivity contribution in [1.82, 2.24) is 9.55 Å².